The van der Waals surface area contributed by atoms with Crippen LogP contribution < -0.4 is 5.32 Å². The molecule has 2 aliphatic carbocycles. The van der Waals surface area contributed by atoms with Crippen molar-refractivity contribution in [3.05, 3.63) is 72.0 Å². The van der Waals surface area contributed by atoms with Gasteiger partial charge in [0.25, 0.3) is 0 Å². The summed E-state index contributed by atoms with van der Waals surface area (Å²) < 4.78 is 20.5. The lowest BCUT2D eigenvalue weighted by Gasteiger charge is -2.50. The fourth-order valence-electron chi connectivity index (χ4n) is 6.58. The van der Waals surface area contributed by atoms with Gasteiger partial charge in [0.05, 0.1) is 6.10 Å². The van der Waals surface area contributed by atoms with Crippen molar-refractivity contribution in [1.29, 1.82) is 0 Å². The van der Waals surface area contributed by atoms with Gasteiger partial charge in [0.15, 0.2) is 0 Å². The number of aliphatic hydroxyl groups is 1. The minimum absolute atomic E-state index is 0.164. The number of aliphatic imine (C=N–C) groups is 1. The van der Waals surface area contributed by atoms with E-state index in [2.05, 4.69) is 61.9 Å². The van der Waals surface area contributed by atoms with E-state index < -0.39 is 17.7 Å². The quantitative estimate of drug-likeness (QED) is 0.273. The van der Waals surface area contributed by atoms with E-state index in [1.807, 2.05) is 31.7 Å². The van der Waals surface area contributed by atoms with Crippen molar-refractivity contribution in [2.45, 2.75) is 129 Å². The summed E-state index contributed by atoms with van der Waals surface area (Å²) >= 11 is 0. The second-order valence-corrected chi connectivity index (χ2v) is 11.9. The second kappa shape index (κ2) is 16.3. The average Bonchev–Trinajstić information content (AvgIpc) is 3.08. The van der Waals surface area contributed by atoms with Crippen molar-refractivity contribution >= 4 is 5.84 Å². The maximum absolute atomic E-state index is 14.5. The summed E-state index contributed by atoms with van der Waals surface area (Å²) in [5.41, 5.74) is 1.41. The van der Waals surface area contributed by atoms with Crippen molar-refractivity contribution in [2.24, 2.45) is 4.99 Å². The highest BCUT2D eigenvalue weighted by molar-refractivity contribution is 5.94. The number of likely N-dealkylation sites (tertiary alicyclic amines) is 1. The molecule has 6 nitrogen and oxygen atoms in total. The molecular weight excluding hydrogens is 527 g/mol. The Kier molecular flexibility index (Phi) is 13.1. The lowest BCUT2D eigenvalue weighted by atomic mass is 9.80. The number of allylic oxidation sites excluding steroid dienone is 7. The molecule has 3 atom stereocenters. The number of amidine groups is 1. The van der Waals surface area contributed by atoms with Crippen molar-refractivity contribution in [3.8, 4) is 0 Å². The Morgan fingerprint density at radius 2 is 2.02 bits per heavy atom. The number of halogens is 1. The largest absolute Gasteiger partial charge is 0.495 e. The third kappa shape index (κ3) is 8.47. The Bertz CT molecular complexity index is 1080. The zero-order chi connectivity index (χ0) is 30.7. The van der Waals surface area contributed by atoms with Crippen molar-refractivity contribution in [3.63, 3.8) is 0 Å². The lowest BCUT2D eigenvalue weighted by Crippen LogP contribution is -2.63. The van der Waals surface area contributed by atoms with Crippen LogP contribution in [0, 0.1) is 0 Å². The van der Waals surface area contributed by atoms with E-state index in [0.29, 0.717) is 11.7 Å². The first-order chi connectivity index (χ1) is 20.3. The van der Waals surface area contributed by atoms with Crippen LogP contribution in [0.5, 0.6) is 0 Å². The molecule has 2 fully saturated rings. The second-order valence-electron chi connectivity index (χ2n) is 11.9. The van der Waals surface area contributed by atoms with Crippen molar-refractivity contribution < 1.29 is 14.2 Å². The number of piperidine rings is 1. The predicted molar refractivity (Wildman–Crippen MR) is 174 cm³/mol. The van der Waals surface area contributed by atoms with Crippen molar-refractivity contribution in [2.75, 3.05) is 13.1 Å². The monoisotopic (exact) mass is 582 g/mol. The van der Waals surface area contributed by atoms with Crippen LogP contribution in [0.4, 0.5) is 4.39 Å². The minimum Gasteiger partial charge on any atom is -0.495 e. The Morgan fingerprint density at radius 3 is 2.67 bits per heavy atom. The molecular formula is C35H55FN4O2. The molecule has 0 aromatic rings. The third-order valence-corrected chi connectivity index (χ3v) is 8.50. The van der Waals surface area contributed by atoms with Gasteiger partial charge in [0, 0.05) is 37.3 Å². The molecule has 1 saturated heterocycles. The van der Waals surface area contributed by atoms with Gasteiger partial charge in [-0.2, -0.15) is 0 Å². The summed E-state index contributed by atoms with van der Waals surface area (Å²) in [7, 11) is 0. The number of aliphatic hydroxyl groups excluding tert-OH is 1. The highest BCUT2D eigenvalue weighted by Crippen LogP contribution is 2.42. The van der Waals surface area contributed by atoms with Crippen molar-refractivity contribution in [1.82, 2.24) is 15.1 Å². The van der Waals surface area contributed by atoms with Gasteiger partial charge in [-0.05, 0) is 76.7 Å². The van der Waals surface area contributed by atoms with E-state index in [4.69, 9.17) is 9.73 Å². The van der Waals surface area contributed by atoms with E-state index in [-0.39, 0.29) is 12.1 Å². The molecule has 4 rings (SSSR count). The zero-order valence-corrected chi connectivity index (χ0v) is 26.9. The smallest absolute Gasteiger partial charge is 0.228 e. The molecule has 1 saturated carbocycles. The average molecular weight is 583 g/mol. The number of nitrogens with one attached hydrogen (secondary N) is 1. The van der Waals surface area contributed by atoms with Gasteiger partial charge in [0.2, 0.25) is 6.35 Å². The van der Waals surface area contributed by atoms with E-state index >= 15 is 0 Å². The van der Waals surface area contributed by atoms with Gasteiger partial charge in [-0.25, -0.2) is 9.38 Å². The fraction of sp³-hybridized carbons (Fsp3) is 0.629. The van der Waals surface area contributed by atoms with Gasteiger partial charge < -0.3 is 20.1 Å². The van der Waals surface area contributed by atoms with E-state index in [1.165, 1.54) is 37.0 Å². The lowest BCUT2D eigenvalue weighted by molar-refractivity contribution is -0.0234. The van der Waals surface area contributed by atoms with E-state index in [1.54, 1.807) is 0 Å². The van der Waals surface area contributed by atoms with Crippen LogP contribution in [0.25, 0.3) is 0 Å². The first kappa shape index (κ1) is 33.9. The van der Waals surface area contributed by atoms with Gasteiger partial charge in [-0.3, -0.25) is 4.90 Å². The van der Waals surface area contributed by atoms with Crippen LogP contribution >= 0.6 is 0 Å². The molecule has 4 aliphatic rings. The van der Waals surface area contributed by atoms with Gasteiger partial charge in [-0.15, -0.1) is 0 Å². The normalized spacial score (nSPS) is 27.6. The third-order valence-electron chi connectivity index (χ3n) is 8.50. The maximum Gasteiger partial charge on any atom is 0.228 e. The van der Waals surface area contributed by atoms with E-state index in [0.717, 1.165) is 63.2 Å². The molecule has 2 heterocycles. The summed E-state index contributed by atoms with van der Waals surface area (Å²) in [6.07, 6.45) is 21.4. The topological polar surface area (TPSA) is 60.3 Å². The number of nitrogens with zero attached hydrogens (tertiary/aromatic N) is 3. The number of hydrogen-bond donors (Lipinski definition) is 2. The molecule has 0 aromatic heterocycles. The van der Waals surface area contributed by atoms with Crippen LogP contribution in [0.2, 0.25) is 0 Å². The molecule has 0 bridgehead atoms. The molecule has 3 unspecified atom stereocenters. The molecule has 234 valence electrons. The van der Waals surface area contributed by atoms with Gasteiger partial charge in [-0.1, -0.05) is 70.9 Å². The molecule has 7 heteroatoms. The standard InChI is InChI=1S/C33H49FN4O2.C2H6/c1-6-12-29(21-27(34)7-2)38-32(39)36-31(35-28-14-9-8-10-15-28)33(38)19-20-37(25(5)22-33)23-26-13-11-16-30(18-17-26)40-24(3)4;1-2/h7,11-13,16-17,21,24-25,28,32,39H,2,6,8-10,14-15,18-20,22-23H2,1,3-5H3,(H,35,36);1-2H3/b27-21+,29-12+;. The molecule has 0 aromatic carbocycles. The number of hydrogen-bond acceptors (Lipinski definition) is 6. The Hall–Kier alpha value is -2.64. The summed E-state index contributed by atoms with van der Waals surface area (Å²) in [6, 6.07) is 0.591. The fourth-order valence-corrected chi connectivity index (χ4v) is 6.58. The molecule has 0 radical (unpaired) electrons. The minimum atomic E-state index is -1.06. The first-order valence-corrected chi connectivity index (χ1v) is 16.2. The Labute approximate surface area is 254 Å². The molecule has 2 N–H and O–H groups in total. The predicted octanol–water partition coefficient (Wildman–Crippen LogP) is 7.68. The van der Waals surface area contributed by atoms with Gasteiger partial charge in [0.1, 0.15) is 23.0 Å². The highest BCUT2D eigenvalue weighted by Gasteiger charge is 2.53. The van der Waals surface area contributed by atoms with Crippen LogP contribution in [-0.2, 0) is 4.74 Å². The molecule has 1 spiro atoms. The zero-order valence-electron chi connectivity index (χ0n) is 26.9. The van der Waals surface area contributed by atoms with Crippen LogP contribution in [-0.4, -0.2) is 63.9 Å². The summed E-state index contributed by atoms with van der Waals surface area (Å²) in [6.45, 7) is 17.7. The summed E-state index contributed by atoms with van der Waals surface area (Å²) in [4.78, 5) is 9.28. The SMILES string of the molecule is C=C/C(F)=C\C(=C/CC)N1C(O)N=C(NC2CCCCC2)C12CCN(CC1=CCC(OC(C)C)=CC=C1)C(C)C2.CC. The van der Waals surface area contributed by atoms with Crippen LogP contribution in [0.1, 0.15) is 99.3 Å². The first-order valence-electron chi connectivity index (χ1n) is 16.2. The maximum atomic E-state index is 14.5. The summed E-state index contributed by atoms with van der Waals surface area (Å²) in [5.74, 6) is 1.44. The highest BCUT2D eigenvalue weighted by atomic mass is 19.1. The molecule has 42 heavy (non-hydrogen) atoms. The van der Waals surface area contributed by atoms with E-state index in [9.17, 15) is 9.50 Å². The Balaban J connectivity index is 0.00000237. The van der Waals surface area contributed by atoms with Gasteiger partial charge >= 0.3 is 0 Å². The number of ether oxygens (including phenoxy) is 1. The molecule has 0 amide bonds. The van der Waals surface area contributed by atoms with Crippen LogP contribution in [0.15, 0.2) is 77.0 Å². The number of rotatable bonds is 9. The molecule has 2 aliphatic heterocycles. The Morgan fingerprint density at radius 1 is 1.29 bits per heavy atom. The summed E-state index contributed by atoms with van der Waals surface area (Å²) in [5, 5.41) is 15.1. The van der Waals surface area contributed by atoms with Crippen LogP contribution in [0.3, 0.4) is 0 Å².